The van der Waals surface area contributed by atoms with Gasteiger partial charge < -0.3 is 10.4 Å². The topological polar surface area (TPSA) is 69.6 Å². The number of aliphatic carboxylic acids is 1. The lowest BCUT2D eigenvalue weighted by atomic mass is 10.1. The quantitative estimate of drug-likeness (QED) is 0.615. The van der Waals surface area contributed by atoms with Gasteiger partial charge in [0.1, 0.15) is 0 Å². The third-order valence-corrected chi connectivity index (χ3v) is 2.50. The Labute approximate surface area is 102 Å². The van der Waals surface area contributed by atoms with Gasteiger partial charge in [-0.25, -0.2) is 0 Å². The van der Waals surface area contributed by atoms with Crippen molar-refractivity contribution >= 4 is 11.9 Å². The largest absolute Gasteiger partial charge is 0.480 e. The van der Waals surface area contributed by atoms with Crippen molar-refractivity contribution in [2.75, 3.05) is 19.6 Å². The minimum atomic E-state index is -0.948. The van der Waals surface area contributed by atoms with Crippen LogP contribution in [0.15, 0.2) is 12.7 Å². The molecule has 0 aliphatic carbocycles. The highest BCUT2D eigenvalue weighted by Gasteiger charge is 2.15. The molecule has 1 unspecified atom stereocenters. The molecule has 1 amide bonds. The van der Waals surface area contributed by atoms with Crippen molar-refractivity contribution in [1.82, 2.24) is 10.2 Å². The van der Waals surface area contributed by atoms with E-state index in [9.17, 15) is 9.59 Å². The van der Waals surface area contributed by atoms with Crippen LogP contribution >= 0.6 is 0 Å². The van der Waals surface area contributed by atoms with Crippen molar-refractivity contribution in [3.05, 3.63) is 12.7 Å². The highest BCUT2D eigenvalue weighted by molar-refractivity contribution is 5.79. The Morgan fingerprint density at radius 2 is 1.94 bits per heavy atom. The lowest BCUT2D eigenvalue weighted by Gasteiger charge is -2.21. The van der Waals surface area contributed by atoms with Crippen molar-refractivity contribution in [2.24, 2.45) is 5.92 Å². The molecule has 0 aromatic heterocycles. The second-order valence-corrected chi connectivity index (χ2v) is 4.45. The summed E-state index contributed by atoms with van der Waals surface area (Å²) in [5.41, 5.74) is 0. The number of carbonyl (C=O) groups excluding carboxylic acids is 1. The number of hydrogen-bond donors (Lipinski definition) is 2. The number of amides is 1. The molecule has 0 heterocycles. The van der Waals surface area contributed by atoms with Crippen LogP contribution < -0.4 is 5.32 Å². The summed E-state index contributed by atoms with van der Waals surface area (Å²) in [5.74, 6) is -0.753. The summed E-state index contributed by atoms with van der Waals surface area (Å²) in [7, 11) is 0. The van der Waals surface area contributed by atoms with Gasteiger partial charge in [-0.15, -0.1) is 6.58 Å². The van der Waals surface area contributed by atoms with Crippen LogP contribution in [0.3, 0.4) is 0 Å². The van der Waals surface area contributed by atoms with Gasteiger partial charge in [0.25, 0.3) is 0 Å². The molecule has 0 bridgehead atoms. The monoisotopic (exact) mass is 242 g/mol. The van der Waals surface area contributed by atoms with Gasteiger partial charge in [0.15, 0.2) is 0 Å². The van der Waals surface area contributed by atoms with E-state index in [1.807, 2.05) is 20.8 Å². The van der Waals surface area contributed by atoms with Gasteiger partial charge in [-0.05, 0) is 12.8 Å². The third-order valence-electron chi connectivity index (χ3n) is 2.50. The summed E-state index contributed by atoms with van der Waals surface area (Å²) in [6.45, 7) is 9.81. The average Bonchev–Trinajstić information content (AvgIpc) is 2.16. The predicted molar refractivity (Wildman–Crippen MR) is 66.7 cm³/mol. The Morgan fingerprint density at radius 1 is 1.35 bits per heavy atom. The summed E-state index contributed by atoms with van der Waals surface area (Å²) in [5, 5.41) is 11.5. The maximum Gasteiger partial charge on any atom is 0.317 e. The van der Waals surface area contributed by atoms with Crippen molar-refractivity contribution in [2.45, 2.75) is 26.8 Å². The fourth-order valence-corrected chi connectivity index (χ4v) is 1.23. The number of hydrogen-bond acceptors (Lipinski definition) is 3. The number of carboxylic acids is 1. The lowest BCUT2D eigenvalue weighted by Crippen LogP contribution is -2.44. The minimum Gasteiger partial charge on any atom is -0.480 e. The van der Waals surface area contributed by atoms with E-state index in [0.717, 1.165) is 0 Å². The summed E-state index contributed by atoms with van der Waals surface area (Å²) >= 11 is 0. The molecule has 0 radical (unpaired) electrons. The first kappa shape index (κ1) is 15.6. The fraction of sp³-hybridized carbons (Fsp3) is 0.667. The van der Waals surface area contributed by atoms with E-state index in [2.05, 4.69) is 11.9 Å². The Balaban J connectivity index is 4.20. The molecule has 0 saturated heterocycles. The Kier molecular flexibility index (Phi) is 7.21. The first-order valence-corrected chi connectivity index (χ1v) is 5.71. The molecule has 17 heavy (non-hydrogen) atoms. The number of rotatable bonds is 8. The first-order chi connectivity index (χ1) is 7.86. The first-order valence-electron chi connectivity index (χ1n) is 5.71. The number of nitrogens with zero attached hydrogens (tertiary/aromatic N) is 1. The minimum absolute atomic E-state index is 0.0787. The zero-order valence-corrected chi connectivity index (χ0v) is 10.8. The smallest absolute Gasteiger partial charge is 0.317 e. The second-order valence-electron chi connectivity index (χ2n) is 4.45. The number of carbonyl (C=O) groups is 2. The zero-order chi connectivity index (χ0) is 13.4. The van der Waals surface area contributed by atoms with Crippen LogP contribution in [0.5, 0.6) is 0 Å². The van der Waals surface area contributed by atoms with Gasteiger partial charge in [-0.3, -0.25) is 14.5 Å². The van der Waals surface area contributed by atoms with Crippen LogP contribution in [0.1, 0.15) is 20.8 Å². The Bertz CT molecular complexity index is 277. The molecule has 5 heteroatoms. The SMILES string of the molecule is C=CCN(CC(=O)O)CC(=O)NC(C)C(C)C. The van der Waals surface area contributed by atoms with Gasteiger partial charge in [0.05, 0.1) is 13.1 Å². The number of nitrogens with one attached hydrogen (secondary N) is 1. The molecule has 1 atom stereocenters. The Hall–Kier alpha value is -1.36. The fourth-order valence-electron chi connectivity index (χ4n) is 1.23. The van der Waals surface area contributed by atoms with Crippen molar-refractivity contribution in [3.8, 4) is 0 Å². The molecule has 2 N–H and O–H groups in total. The van der Waals surface area contributed by atoms with Crippen molar-refractivity contribution in [1.29, 1.82) is 0 Å². The van der Waals surface area contributed by atoms with Gasteiger partial charge >= 0.3 is 5.97 Å². The van der Waals surface area contributed by atoms with Gasteiger partial charge in [-0.1, -0.05) is 19.9 Å². The van der Waals surface area contributed by atoms with E-state index >= 15 is 0 Å². The van der Waals surface area contributed by atoms with Gasteiger partial charge in [-0.2, -0.15) is 0 Å². The van der Waals surface area contributed by atoms with Crippen LogP contribution in [0, 0.1) is 5.92 Å². The van der Waals surface area contributed by atoms with Crippen LogP contribution in [-0.4, -0.2) is 47.6 Å². The molecule has 0 aliphatic rings. The molecule has 0 rings (SSSR count). The van der Waals surface area contributed by atoms with Gasteiger partial charge in [0, 0.05) is 12.6 Å². The van der Waals surface area contributed by atoms with E-state index in [-0.39, 0.29) is 25.0 Å². The van der Waals surface area contributed by atoms with Crippen LogP contribution in [-0.2, 0) is 9.59 Å². The summed E-state index contributed by atoms with van der Waals surface area (Å²) in [6, 6.07) is 0.0814. The molecule has 5 nitrogen and oxygen atoms in total. The summed E-state index contributed by atoms with van der Waals surface area (Å²) < 4.78 is 0. The average molecular weight is 242 g/mol. The van der Waals surface area contributed by atoms with Crippen LogP contribution in [0.4, 0.5) is 0 Å². The van der Waals surface area contributed by atoms with Gasteiger partial charge in [0.2, 0.25) is 5.91 Å². The molecule has 98 valence electrons. The standard InChI is InChI=1S/C12H22N2O3/c1-5-6-14(8-12(16)17)7-11(15)13-10(4)9(2)3/h5,9-10H,1,6-8H2,2-4H3,(H,13,15)(H,16,17). The lowest BCUT2D eigenvalue weighted by molar-refractivity contribution is -0.138. The van der Waals surface area contributed by atoms with E-state index < -0.39 is 5.97 Å². The molecule has 0 spiro atoms. The molecular formula is C12H22N2O3. The summed E-state index contributed by atoms with van der Waals surface area (Å²) in [6.07, 6.45) is 1.59. The molecule has 0 aromatic rings. The predicted octanol–water partition coefficient (Wildman–Crippen LogP) is 0.720. The van der Waals surface area contributed by atoms with E-state index in [1.165, 1.54) is 4.90 Å². The Morgan fingerprint density at radius 3 is 2.35 bits per heavy atom. The van der Waals surface area contributed by atoms with Crippen LogP contribution in [0.2, 0.25) is 0 Å². The third kappa shape index (κ3) is 7.52. The van der Waals surface area contributed by atoms with E-state index in [0.29, 0.717) is 12.5 Å². The van der Waals surface area contributed by atoms with E-state index in [4.69, 9.17) is 5.11 Å². The molecular weight excluding hydrogens is 220 g/mol. The molecule has 0 saturated carbocycles. The maximum atomic E-state index is 11.6. The normalized spacial score (nSPS) is 12.5. The van der Waals surface area contributed by atoms with E-state index in [1.54, 1.807) is 6.08 Å². The van der Waals surface area contributed by atoms with Crippen molar-refractivity contribution in [3.63, 3.8) is 0 Å². The zero-order valence-electron chi connectivity index (χ0n) is 10.8. The number of carboxylic acid groups (broad SMARTS) is 1. The highest BCUT2D eigenvalue weighted by Crippen LogP contribution is 1.99. The molecule has 0 aliphatic heterocycles. The molecule has 0 fully saturated rings. The summed E-state index contributed by atoms with van der Waals surface area (Å²) in [4.78, 5) is 23.8. The second kappa shape index (κ2) is 7.84. The maximum absolute atomic E-state index is 11.6. The van der Waals surface area contributed by atoms with Crippen LogP contribution in [0.25, 0.3) is 0 Å². The van der Waals surface area contributed by atoms with Crippen molar-refractivity contribution < 1.29 is 14.7 Å². The molecule has 0 aromatic carbocycles. The highest BCUT2D eigenvalue weighted by atomic mass is 16.4.